The minimum Gasteiger partial charge on any atom is -0.475 e. The number of aromatic nitrogens is 3. The molecule has 6 N–H and O–H groups in total. The zero-order valence-corrected chi connectivity index (χ0v) is 17.4. The maximum atomic E-state index is 14.2. The van der Waals surface area contributed by atoms with Gasteiger partial charge in [0.05, 0.1) is 16.8 Å². The fourth-order valence-electron chi connectivity index (χ4n) is 2.48. The van der Waals surface area contributed by atoms with Crippen LogP contribution < -0.4 is 21.9 Å². The number of rotatable bonds is 6. The Balaban J connectivity index is 0.000000540. The van der Waals surface area contributed by atoms with Crippen LogP contribution in [0, 0.1) is 5.82 Å². The summed E-state index contributed by atoms with van der Waals surface area (Å²) in [6, 6.07) is 3.57. The molecule has 0 saturated carbocycles. The number of hydrogen-bond acceptors (Lipinski definition) is 7. The van der Waals surface area contributed by atoms with Crippen LogP contribution in [0.1, 0.15) is 12.0 Å². The van der Waals surface area contributed by atoms with Crippen LogP contribution in [0.2, 0.25) is 0 Å². The van der Waals surface area contributed by atoms with Gasteiger partial charge in [0.25, 0.3) is 5.56 Å². The predicted octanol–water partition coefficient (Wildman–Crippen LogP) is 3.61. The summed E-state index contributed by atoms with van der Waals surface area (Å²) in [6.45, 7) is 0.918. The first-order chi connectivity index (χ1) is 16.2. The van der Waals surface area contributed by atoms with E-state index in [4.69, 9.17) is 15.6 Å². The van der Waals surface area contributed by atoms with Crippen molar-refractivity contribution in [3.8, 4) is 0 Å². The fourth-order valence-corrected chi connectivity index (χ4v) is 2.48. The molecule has 16 heteroatoms. The molecule has 0 aliphatic heterocycles. The normalized spacial score (nSPS) is 11.5. The summed E-state index contributed by atoms with van der Waals surface area (Å²) >= 11 is 0. The highest BCUT2D eigenvalue weighted by molar-refractivity contribution is 5.90. The lowest BCUT2D eigenvalue weighted by Crippen LogP contribution is -2.21. The molecule has 2 aromatic heterocycles. The quantitative estimate of drug-likeness (QED) is 0.250. The minimum absolute atomic E-state index is 0.0410. The van der Waals surface area contributed by atoms with Crippen molar-refractivity contribution in [2.24, 2.45) is 5.73 Å². The molecule has 0 radical (unpaired) electrons. The van der Waals surface area contributed by atoms with Gasteiger partial charge in [0, 0.05) is 12.7 Å². The largest absolute Gasteiger partial charge is 0.490 e. The van der Waals surface area contributed by atoms with Crippen LogP contribution in [0.15, 0.2) is 35.3 Å². The van der Waals surface area contributed by atoms with Gasteiger partial charge in [0.15, 0.2) is 0 Å². The van der Waals surface area contributed by atoms with Crippen LogP contribution in [-0.4, -0.2) is 45.3 Å². The van der Waals surface area contributed by atoms with Crippen LogP contribution in [-0.2, 0) is 11.0 Å². The maximum absolute atomic E-state index is 14.2. The number of nitrogens with zero attached hydrogens (tertiary/aromatic N) is 2. The van der Waals surface area contributed by atoms with Gasteiger partial charge in [-0.25, -0.2) is 14.2 Å². The second-order valence-electron chi connectivity index (χ2n) is 6.65. The van der Waals surface area contributed by atoms with E-state index in [0.29, 0.717) is 25.6 Å². The van der Waals surface area contributed by atoms with E-state index in [9.17, 15) is 35.5 Å². The Morgan fingerprint density at radius 3 is 2.31 bits per heavy atom. The summed E-state index contributed by atoms with van der Waals surface area (Å²) in [5, 5.41) is 12.7. The van der Waals surface area contributed by atoms with Crippen LogP contribution in [0.5, 0.6) is 0 Å². The van der Waals surface area contributed by atoms with Crippen LogP contribution in [0.25, 0.3) is 10.9 Å². The Kier molecular flexibility index (Phi) is 8.57. The van der Waals surface area contributed by atoms with Gasteiger partial charge < -0.3 is 26.5 Å². The molecule has 0 unspecified atom stereocenters. The molecule has 0 aliphatic carbocycles. The molecule has 0 aliphatic rings. The molecule has 35 heavy (non-hydrogen) atoms. The predicted molar refractivity (Wildman–Crippen MR) is 111 cm³/mol. The third kappa shape index (κ3) is 7.53. The van der Waals surface area contributed by atoms with Gasteiger partial charge >= 0.3 is 18.3 Å². The van der Waals surface area contributed by atoms with E-state index >= 15 is 0 Å². The second-order valence-corrected chi connectivity index (χ2v) is 6.65. The molecule has 2 heterocycles. The number of carboxylic acids is 1. The minimum atomic E-state index is -5.08. The molecule has 0 amide bonds. The molecule has 9 nitrogen and oxygen atoms in total. The van der Waals surface area contributed by atoms with Crippen molar-refractivity contribution in [3.05, 3.63) is 52.2 Å². The number of fused-ring (bicyclic) bond motifs is 1. The van der Waals surface area contributed by atoms with E-state index in [1.807, 2.05) is 0 Å². The average molecular weight is 510 g/mol. The third-order valence-electron chi connectivity index (χ3n) is 4.08. The maximum Gasteiger partial charge on any atom is 0.490 e. The van der Waals surface area contributed by atoms with Gasteiger partial charge in [-0.15, -0.1) is 0 Å². The van der Waals surface area contributed by atoms with E-state index in [1.54, 1.807) is 0 Å². The highest BCUT2D eigenvalue weighted by atomic mass is 19.4. The zero-order valence-electron chi connectivity index (χ0n) is 17.4. The van der Waals surface area contributed by atoms with Gasteiger partial charge in [0.1, 0.15) is 17.0 Å². The smallest absolute Gasteiger partial charge is 0.475 e. The number of hydrogen-bond donors (Lipinski definition) is 5. The second kappa shape index (κ2) is 11.0. The Morgan fingerprint density at radius 2 is 1.77 bits per heavy atom. The summed E-state index contributed by atoms with van der Waals surface area (Å²) < 4.78 is 84.1. The molecular formula is C19H17F7N6O3. The first-order valence-corrected chi connectivity index (χ1v) is 9.51. The Morgan fingerprint density at radius 1 is 1.11 bits per heavy atom. The van der Waals surface area contributed by atoms with Gasteiger partial charge in [-0.3, -0.25) is 4.79 Å². The van der Waals surface area contributed by atoms with Crippen molar-refractivity contribution in [3.63, 3.8) is 0 Å². The average Bonchev–Trinajstić information content (AvgIpc) is 2.74. The lowest BCUT2D eigenvalue weighted by Gasteiger charge is -2.13. The summed E-state index contributed by atoms with van der Waals surface area (Å²) in [5.74, 6) is -3.76. The molecule has 1 aromatic carbocycles. The number of nitrogens with one attached hydrogen (secondary N) is 3. The summed E-state index contributed by atoms with van der Waals surface area (Å²) in [6.07, 6.45) is -7.71. The van der Waals surface area contributed by atoms with Crippen molar-refractivity contribution in [2.75, 3.05) is 23.7 Å². The number of nitrogens with two attached hydrogens (primary N) is 1. The number of H-pyrrole nitrogens is 1. The number of aliphatic carboxylic acids is 1. The molecule has 190 valence electrons. The number of carbonyl (C=O) groups is 1. The monoisotopic (exact) mass is 510 g/mol. The molecular weight excluding hydrogens is 493 g/mol. The van der Waals surface area contributed by atoms with Gasteiger partial charge in [-0.2, -0.15) is 31.3 Å². The Hall–Kier alpha value is -3.95. The van der Waals surface area contributed by atoms with Crippen molar-refractivity contribution < 1.29 is 40.6 Å². The van der Waals surface area contributed by atoms with E-state index < -0.39 is 35.3 Å². The molecule has 0 saturated heterocycles. The van der Waals surface area contributed by atoms with Crippen molar-refractivity contribution in [1.82, 2.24) is 15.0 Å². The summed E-state index contributed by atoms with van der Waals surface area (Å²) in [4.78, 5) is 31.9. The number of alkyl halides is 6. The lowest BCUT2D eigenvalue weighted by molar-refractivity contribution is -0.192. The molecule has 0 fully saturated rings. The van der Waals surface area contributed by atoms with Crippen LogP contribution in [0.3, 0.4) is 0 Å². The first kappa shape index (κ1) is 27.3. The SMILES string of the molecule is NCCCNc1nc(Nc2ccc(C(F)(F)F)cc2F)c2c(=O)[nH]ccc2n1.O=C(O)C(F)(F)F. The molecule has 0 atom stereocenters. The molecule has 0 spiro atoms. The zero-order chi connectivity index (χ0) is 26.4. The molecule has 3 aromatic rings. The van der Waals surface area contributed by atoms with Gasteiger partial charge in [-0.05, 0) is 37.2 Å². The topological polar surface area (TPSA) is 146 Å². The van der Waals surface area contributed by atoms with Crippen molar-refractivity contribution in [2.45, 2.75) is 18.8 Å². The van der Waals surface area contributed by atoms with Gasteiger partial charge in [0.2, 0.25) is 5.95 Å². The van der Waals surface area contributed by atoms with Gasteiger partial charge in [-0.1, -0.05) is 0 Å². The number of aromatic amines is 1. The fraction of sp³-hybridized carbons (Fsp3) is 0.263. The Bertz CT molecular complexity index is 1240. The standard InChI is InChI=1S/C17H16F4N6O.C2HF3O2/c18-10-8-9(17(19,20)21)2-3-11(10)25-14-13-12(4-7-23-15(13)28)26-16(27-14)24-6-1-5-22;3-2(4,5)1(6)7/h2-4,7-8H,1,5-6,22H2,(H,23,28)(H2,24,25,26,27);(H,6,7). The Labute approximate surface area is 191 Å². The summed E-state index contributed by atoms with van der Waals surface area (Å²) in [5.41, 5.74) is 3.81. The van der Waals surface area contributed by atoms with E-state index in [2.05, 4.69) is 25.6 Å². The lowest BCUT2D eigenvalue weighted by atomic mass is 10.2. The van der Waals surface area contributed by atoms with E-state index in [-0.39, 0.29) is 28.4 Å². The van der Waals surface area contributed by atoms with E-state index in [1.165, 1.54) is 12.3 Å². The summed E-state index contributed by atoms with van der Waals surface area (Å²) in [7, 11) is 0. The third-order valence-corrected chi connectivity index (χ3v) is 4.08. The van der Waals surface area contributed by atoms with E-state index in [0.717, 1.165) is 12.1 Å². The first-order valence-electron chi connectivity index (χ1n) is 9.51. The molecule has 0 bridgehead atoms. The van der Waals surface area contributed by atoms with Crippen molar-refractivity contribution >= 4 is 34.3 Å². The highest BCUT2D eigenvalue weighted by Gasteiger charge is 2.38. The number of benzene rings is 1. The number of pyridine rings is 1. The van der Waals surface area contributed by atoms with Crippen LogP contribution >= 0.6 is 0 Å². The highest BCUT2D eigenvalue weighted by Crippen LogP contribution is 2.32. The van der Waals surface area contributed by atoms with Crippen molar-refractivity contribution in [1.29, 1.82) is 0 Å². The number of halogens is 7. The molecule has 3 rings (SSSR count). The number of carboxylic acid groups (broad SMARTS) is 1. The number of anilines is 3. The van der Waals surface area contributed by atoms with Crippen LogP contribution in [0.4, 0.5) is 48.2 Å².